The van der Waals surface area contributed by atoms with Gasteiger partial charge in [0.2, 0.25) is 5.88 Å². The van der Waals surface area contributed by atoms with E-state index in [0.717, 1.165) is 30.2 Å². The van der Waals surface area contributed by atoms with Gasteiger partial charge in [-0.1, -0.05) is 19.1 Å². The molecule has 0 N–H and O–H groups in total. The Morgan fingerprint density at radius 3 is 2.73 bits per heavy atom. The van der Waals surface area contributed by atoms with Gasteiger partial charge in [0.25, 0.3) is 5.91 Å². The molecule has 4 rings (SSSR count). The highest BCUT2D eigenvalue weighted by molar-refractivity contribution is 5.94. The van der Waals surface area contributed by atoms with Crippen LogP contribution in [-0.2, 0) is 5.41 Å². The van der Waals surface area contributed by atoms with Crippen LogP contribution in [0.25, 0.3) is 0 Å². The Morgan fingerprint density at radius 2 is 1.97 bits per heavy atom. The second kappa shape index (κ2) is 9.13. The fraction of sp³-hybridized carbons (Fsp3) is 0.360. The maximum Gasteiger partial charge on any atom is 0.254 e. The second-order valence-corrected chi connectivity index (χ2v) is 8.89. The van der Waals surface area contributed by atoms with Crippen LogP contribution in [0.5, 0.6) is 11.6 Å². The molecular formula is C25H28FN5O2. The molecule has 1 aromatic carbocycles. The van der Waals surface area contributed by atoms with Crippen molar-refractivity contribution in [3.8, 4) is 11.6 Å². The molecule has 0 radical (unpaired) electrons. The lowest BCUT2D eigenvalue weighted by Crippen LogP contribution is -2.48. The van der Waals surface area contributed by atoms with E-state index < -0.39 is 5.82 Å². The topological polar surface area (TPSA) is 71.5 Å². The normalized spacial score (nSPS) is 18.2. The number of halogens is 1. The van der Waals surface area contributed by atoms with E-state index in [2.05, 4.69) is 11.9 Å². The van der Waals surface area contributed by atoms with Crippen LogP contribution < -0.4 is 9.64 Å². The molecule has 1 saturated heterocycles. The van der Waals surface area contributed by atoms with Crippen LogP contribution in [0.2, 0.25) is 0 Å². The zero-order valence-corrected chi connectivity index (χ0v) is 19.4. The Bertz CT molecular complexity index is 1170. The summed E-state index contributed by atoms with van der Waals surface area (Å²) < 4.78 is 19.5. The smallest absolute Gasteiger partial charge is 0.254 e. The molecule has 1 aliphatic rings. The van der Waals surface area contributed by atoms with Crippen LogP contribution in [-0.4, -0.2) is 52.9 Å². The Kier molecular flexibility index (Phi) is 6.26. The largest absolute Gasteiger partial charge is 0.436 e. The highest BCUT2D eigenvalue weighted by atomic mass is 19.1. The Labute approximate surface area is 193 Å². The zero-order chi connectivity index (χ0) is 23.6. The zero-order valence-electron chi connectivity index (χ0n) is 19.4. The number of ether oxygens (including phenoxy) is 1. The molecule has 2 aromatic heterocycles. The van der Waals surface area contributed by atoms with Gasteiger partial charge in [-0.3, -0.25) is 4.79 Å². The van der Waals surface area contributed by atoms with Crippen molar-refractivity contribution < 1.29 is 13.9 Å². The first-order chi connectivity index (χ1) is 15.7. The maximum absolute atomic E-state index is 13.9. The van der Waals surface area contributed by atoms with Gasteiger partial charge < -0.3 is 14.5 Å². The average molecular weight is 450 g/mol. The minimum absolute atomic E-state index is 0.0634. The number of para-hydroxylation sites is 1. The summed E-state index contributed by atoms with van der Waals surface area (Å²) in [5, 5.41) is 0. The van der Waals surface area contributed by atoms with E-state index in [4.69, 9.17) is 14.7 Å². The van der Waals surface area contributed by atoms with Crippen LogP contribution in [0.4, 0.5) is 10.2 Å². The average Bonchev–Trinajstić information content (AvgIpc) is 2.80. The van der Waals surface area contributed by atoms with E-state index in [9.17, 15) is 9.18 Å². The van der Waals surface area contributed by atoms with Crippen molar-refractivity contribution in [2.45, 2.75) is 32.1 Å². The Morgan fingerprint density at radius 1 is 1.18 bits per heavy atom. The van der Waals surface area contributed by atoms with Gasteiger partial charge in [0, 0.05) is 62.2 Å². The number of aromatic nitrogens is 3. The summed E-state index contributed by atoms with van der Waals surface area (Å²) in [6.45, 7) is 5.22. The van der Waals surface area contributed by atoms with Gasteiger partial charge in [-0.15, -0.1) is 0 Å². The van der Waals surface area contributed by atoms with Gasteiger partial charge in [-0.05, 0) is 38.0 Å². The van der Waals surface area contributed by atoms with Crippen LogP contribution in [0, 0.1) is 12.7 Å². The summed E-state index contributed by atoms with van der Waals surface area (Å²) in [5.41, 5.74) is 0.988. The number of anilines is 1. The molecule has 1 atom stereocenters. The first kappa shape index (κ1) is 22.6. The number of amides is 1. The maximum atomic E-state index is 13.9. The summed E-state index contributed by atoms with van der Waals surface area (Å²) in [6.07, 6.45) is 3.24. The molecule has 0 saturated carbocycles. The molecule has 1 fully saturated rings. The molecule has 1 amide bonds. The number of carbonyl (C=O) groups is 1. The van der Waals surface area contributed by atoms with Crippen LogP contribution in [0.15, 0.2) is 48.7 Å². The van der Waals surface area contributed by atoms with Gasteiger partial charge in [0.05, 0.1) is 0 Å². The minimum atomic E-state index is -0.488. The lowest BCUT2D eigenvalue weighted by molar-refractivity contribution is 0.0643. The van der Waals surface area contributed by atoms with E-state index in [1.54, 1.807) is 24.3 Å². The predicted octanol–water partition coefficient (Wildman–Crippen LogP) is 4.37. The van der Waals surface area contributed by atoms with Gasteiger partial charge in [-0.2, -0.15) is 0 Å². The molecule has 7 nitrogen and oxygen atoms in total. The van der Waals surface area contributed by atoms with E-state index in [0.29, 0.717) is 18.7 Å². The van der Waals surface area contributed by atoms with E-state index in [1.165, 1.54) is 18.3 Å². The lowest BCUT2D eigenvalue weighted by Gasteiger charge is -2.39. The monoisotopic (exact) mass is 449 g/mol. The number of rotatable bonds is 5. The number of piperidine rings is 1. The van der Waals surface area contributed by atoms with Crippen molar-refractivity contribution in [2.24, 2.45) is 0 Å². The second-order valence-electron chi connectivity index (χ2n) is 8.89. The van der Waals surface area contributed by atoms with E-state index >= 15 is 0 Å². The summed E-state index contributed by atoms with van der Waals surface area (Å²) in [5.74, 6) is 1.23. The molecule has 3 aromatic rings. The number of likely N-dealkylation sites (tertiary alicyclic amines) is 1. The molecule has 172 valence electrons. The van der Waals surface area contributed by atoms with Crippen LogP contribution >= 0.6 is 0 Å². The highest BCUT2D eigenvalue weighted by Gasteiger charge is 2.37. The number of hydrogen-bond acceptors (Lipinski definition) is 6. The fourth-order valence-electron chi connectivity index (χ4n) is 4.07. The molecular weight excluding hydrogens is 421 g/mol. The molecule has 0 spiro atoms. The molecule has 1 unspecified atom stereocenters. The van der Waals surface area contributed by atoms with Gasteiger partial charge >= 0.3 is 0 Å². The van der Waals surface area contributed by atoms with Crippen LogP contribution in [0.1, 0.15) is 41.6 Å². The SMILES string of the molecule is Cc1cc(N(C)C)nc(C2(C)CCCN(C(=O)c3ccnc(Oc4ccccc4F)c3)C2)n1. The standard InChI is InChI=1S/C25H28FN5O2/c1-17-14-21(30(3)4)29-24(28-17)25(2)11-7-13-31(16-25)23(32)18-10-12-27-22(15-18)33-20-9-6-5-8-19(20)26/h5-6,8-10,12,14-15H,7,11,13,16H2,1-4H3. The Balaban J connectivity index is 1.55. The minimum Gasteiger partial charge on any atom is -0.436 e. The van der Waals surface area contributed by atoms with E-state index in [1.807, 2.05) is 36.9 Å². The van der Waals surface area contributed by atoms with E-state index in [-0.39, 0.29) is 23.0 Å². The molecule has 0 bridgehead atoms. The van der Waals surface area contributed by atoms with Crippen molar-refractivity contribution in [3.63, 3.8) is 0 Å². The first-order valence-electron chi connectivity index (χ1n) is 11.0. The van der Waals surface area contributed by atoms with Crippen molar-refractivity contribution in [1.82, 2.24) is 19.9 Å². The molecule has 1 aliphatic heterocycles. The van der Waals surface area contributed by atoms with Gasteiger partial charge in [-0.25, -0.2) is 19.3 Å². The molecule has 0 aliphatic carbocycles. The molecule has 8 heteroatoms. The fourth-order valence-corrected chi connectivity index (χ4v) is 4.07. The van der Waals surface area contributed by atoms with Crippen molar-refractivity contribution in [1.29, 1.82) is 0 Å². The van der Waals surface area contributed by atoms with Crippen molar-refractivity contribution >= 4 is 11.7 Å². The number of aryl methyl sites for hydroxylation is 1. The quantitative estimate of drug-likeness (QED) is 0.576. The van der Waals surface area contributed by atoms with Crippen molar-refractivity contribution in [2.75, 3.05) is 32.1 Å². The summed E-state index contributed by atoms with van der Waals surface area (Å²) in [7, 11) is 3.91. The first-order valence-corrected chi connectivity index (χ1v) is 11.0. The third-order valence-electron chi connectivity index (χ3n) is 5.86. The molecule has 33 heavy (non-hydrogen) atoms. The summed E-state index contributed by atoms with van der Waals surface area (Å²) in [6, 6.07) is 11.2. The van der Waals surface area contributed by atoms with Gasteiger partial charge in [0.15, 0.2) is 11.6 Å². The lowest BCUT2D eigenvalue weighted by atomic mass is 9.80. The molecule has 3 heterocycles. The van der Waals surface area contributed by atoms with Crippen LogP contribution in [0.3, 0.4) is 0 Å². The van der Waals surface area contributed by atoms with Crippen molar-refractivity contribution in [3.05, 3.63) is 71.6 Å². The predicted molar refractivity (Wildman–Crippen MR) is 124 cm³/mol. The highest BCUT2D eigenvalue weighted by Crippen LogP contribution is 2.33. The third kappa shape index (κ3) is 4.94. The third-order valence-corrected chi connectivity index (χ3v) is 5.86. The Hall–Kier alpha value is -3.55. The number of nitrogens with zero attached hydrogens (tertiary/aromatic N) is 5. The number of pyridine rings is 1. The number of benzene rings is 1. The summed E-state index contributed by atoms with van der Waals surface area (Å²) in [4.78, 5) is 30.8. The number of carbonyl (C=O) groups excluding carboxylic acids is 1. The summed E-state index contributed by atoms with van der Waals surface area (Å²) >= 11 is 0. The van der Waals surface area contributed by atoms with Gasteiger partial charge in [0.1, 0.15) is 11.6 Å². The number of hydrogen-bond donors (Lipinski definition) is 0.